The van der Waals surface area contributed by atoms with E-state index in [1.165, 1.54) is 6.07 Å². The summed E-state index contributed by atoms with van der Waals surface area (Å²) in [4.78, 5) is 18.6. The maximum atomic E-state index is 10.1. The zero-order chi connectivity index (χ0) is 9.84. The number of hydrogen-bond donors (Lipinski definition) is 0. The summed E-state index contributed by atoms with van der Waals surface area (Å²) in [7, 11) is 0. The van der Waals surface area contributed by atoms with Crippen molar-refractivity contribution in [2.75, 3.05) is 0 Å². The zero-order valence-corrected chi connectivity index (χ0v) is 6.25. The minimum absolute atomic E-state index is 0.0726. The van der Waals surface area contributed by atoms with Gasteiger partial charge in [-0.05, 0) is 6.07 Å². The molecule has 0 N–H and O–H groups in total. The van der Waals surface area contributed by atoms with E-state index >= 15 is 0 Å². The van der Waals surface area contributed by atoms with E-state index in [0.717, 1.165) is 12.1 Å². The molecule has 0 bridgehead atoms. The average Bonchev–Trinajstić information content (AvgIpc) is 2.48. The van der Waals surface area contributed by atoms with Gasteiger partial charge in [0.2, 0.25) is 6.20 Å². The van der Waals surface area contributed by atoms with Crippen molar-refractivity contribution in [2.24, 2.45) is 0 Å². The van der Waals surface area contributed by atoms with Gasteiger partial charge < -0.3 is 4.42 Å². The maximum absolute atomic E-state index is 10.1. The molecule has 7 nitrogen and oxygen atoms in total. The summed E-state index contributed by atoms with van der Waals surface area (Å²) in [6.07, 6.45) is 1.68. The Labute approximate surface area is 71.6 Å². The van der Waals surface area contributed by atoms with Gasteiger partial charge in [-0.25, -0.2) is 0 Å². The predicted molar refractivity (Wildman–Crippen MR) is 41.4 cm³/mol. The van der Waals surface area contributed by atoms with Gasteiger partial charge in [0.05, 0.1) is 17.1 Å². The lowest BCUT2D eigenvalue weighted by Gasteiger charge is -1.81. The molecule has 68 valence electrons. The van der Waals surface area contributed by atoms with Crippen molar-refractivity contribution in [3.63, 3.8) is 0 Å². The third-order valence-corrected chi connectivity index (χ3v) is 1.15. The number of nitro groups is 2. The van der Waals surface area contributed by atoms with Gasteiger partial charge in [0, 0.05) is 0 Å². The Morgan fingerprint density at radius 3 is 2.46 bits per heavy atom. The molecule has 1 aromatic rings. The Balaban J connectivity index is 2.80. The van der Waals surface area contributed by atoms with Gasteiger partial charge in [-0.1, -0.05) is 0 Å². The summed E-state index contributed by atoms with van der Waals surface area (Å²) < 4.78 is 4.61. The van der Waals surface area contributed by atoms with E-state index in [2.05, 4.69) is 4.42 Å². The van der Waals surface area contributed by atoms with Crippen LogP contribution in [0.5, 0.6) is 0 Å². The molecular weight excluding hydrogens is 180 g/mol. The Morgan fingerprint density at radius 2 is 2.00 bits per heavy atom. The molecule has 1 heterocycles. The number of furan rings is 1. The maximum Gasteiger partial charge on any atom is 0.433 e. The zero-order valence-electron chi connectivity index (χ0n) is 6.25. The highest BCUT2D eigenvalue weighted by Gasteiger charge is 2.10. The van der Waals surface area contributed by atoms with Gasteiger partial charge in [0.15, 0.2) is 0 Å². The van der Waals surface area contributed by atoms with Gasteiger partial charge in [-0.15, -0.1) is 0 Å². The van der Waals surface area contributed by atoms with E-state index in [0.29, 0.717) is 6.20 Å². The molecular formula is C6H4N2O5. The second-order valence-corrected chi connectivity index (χ2v) is 2.03. The first kappa shape index (κ1) is 8.91. The van der Waals surface area contributed by atoms with Gasteiger partial charge in [-0.3, -0.25) is 20.2 Å². The first-order chi connectivity index (χ1) is 6.09. The van der Waals surface area contributed by atoms with Crippen molar-refractivity contribution >= 4 is 12.0 Å². The van der Waals surface area contributed by atoms with Crippen LogP contribution in [0.2, 0.25) is 0 Å². The lowest BCUT2D eigenvalue weighted by atomic mass is 10.4. The standard InChI is InChI=1S/C6H4N2O5/c9-7(10)4-3-5-1-2-6(13-5)8(11)12/h1-4H/b4-3-. The number of hydrogen-bond acceptors (Lipinski definition) is 5. The highest BCUT2D eigenvalue weighted by atomic mass is 16.6. The largest absolute Gasteiger partial charge is 0.433 e. The Hall–Kier alpha value is -2.18. The van der Waals surface area contributed by atoms with Crippen LogP contribution in [0.3, 0.4) is 0 Å². The minimum atomic E-state index is -0.719. The van der Waals surface area contributed by atoms with E-state index < -0.39 is 15.7 Å². The Morgan fingerprint density at radius 1 is 1.31 bits per heavy atom. The van der Waals surface area contributed by atoms with Crippen LogP contribution in [-0.4, -0.2) is 9.85 Å². The monoisotopic (exact) mass is 184 g/mol. The first-order valence-electron chi connectivity index (χ1n) is 3.15. The second kappa shape index (κ2) is 3.48. The SMILES string of the molecule is O=[N+]([O-])/C=C\c1ccc([N+](=O)[O-])o1. The summed E-state index contributed by atoms with van der Waals surface area (Å²) in [6, 6.07) is 2.40. The van der Waals surface area contributed by atoms with E-state index in [1.807, 2.05) is 0 Å². The molecule has 13 heavy (non-hydrogen) atoms. The highest BCUT2D eigenvalue weighted by Crippen LogP contribution is 2.16. The molecule has 1 aromatic heterocycles. The minimum Gasteiger partial charge on any atom is -0.401 e. The molecule has 7 heteroatoms. The predicted octanol–water partition coefficient (Wildman–Crippen LogP) is 1.44. The molecule has 0 spiro atoms. The van der Waals surface area contributed by atoms with Gasteiger partial charge in [0.1, 0.15) is 10.7 Å². The summed E-state index contributed by atoms with van der Waals surface area (Å²) >= 11 is 0. The fourth-order valence-corrected chi connectivity index (χ4v) is 0.664. The lowest BCUT2D eigenvalue weighted by molar-refractivity contribution is -0.402. The van der Waals surface area contributed by atoms with E-state index in [9.17, 15) is 20.2 Å². The molecule has 1 rings (SSSR count). The lowest BCUT2D eigenvalue weighted by Crippen LogP contribution is -1.83. The van der Waals surface area contributed by atoms with Crippen LogP contribution in [-0.2, 0) is 0 Å². The molecule has 0 aliphatic rings. The van der Waals surface area contributed by atoms with Crippen molar-refractivity contribution in [1.82, 2.24) is 0 Å². The first-order valence-corrected chi connectivity index (χ1v) is 3.15. The van der Waals surface area contributed by atoms with Crippen molar-refractivity contribution in [2.45, 2.75) is 0 Å². The van der Waals surface area contributed by atoms with Crippen LogP contribution < -0.4 is 0 Å². The molecule has 0 saturated heterocycles. The van der Waals surface area contributed by atoms with Crippen molar-refractivity contribution in [3.05, 3.63) is 44.3 Å². The van der Waals surface area contributed by atoms with Crippen LogP contribution in [0, 0.1) is 20.2 Å². The van der Waals surface area contributed by atoms with E-state index in [4.69, 9.17) is 0 Å². The highest BCUT2D eigenvalue weighted by molar-refractivity contribution is 5.42. The van der Waals surface area contributed by atoms with Gasteiger partial charge >= 0.3 is 5.88 Å². The quantitative estimate of drug-likeness (QED) is 0.522. The number of nitrogens with zero attached hydrogens (tertiary/aromatic N) is 2. The summed E-state index contributed by atoms with van der Waals surface area (Å²) in [5.41, 5.74) is 0. The topological polar surface area (TPSA) is 99.4 Å². The van der Waals surface area contributed by atoms with Crippen LogP contribution in [0.15, 0.2) is 22.7 Å². The average molecular weight is 184 g/mol. The fourth-order valence-electron chi connectivity index (χ4n) is 0.664. The van der Waals surface area contributed by atoms with E-state index in [1.54, 1.807) is 0 Å². The van der Waals surface area contributed by atoms with Crippen LogP contribution in [0.25, 0.3) is 6.08 Å². The smallest absolute Gasteiger partial charge is 0.401 e. The van der Waals surface area contributed by atoms with Crippen LogP contribution >= 0.6 is 0 Å². The molecule has 0 atom stereocenters. The molecule has 0 amide bonds. The van der Waals surface area contributed by atoms with Crippen molar-refractivity contribution in [1.29, 1.82) is 0 Å². The number of rotatable bonds is 3. The van der Waals surface area contributed by atoms with Gasteiger partial charge in [0.25, 0.3) is 0 Å². The molecule has 0 unspecified atom stereocenters. The molecule has 0 aliphatic heterocycles. The van der Waals surface area contributed by atoms with Crippen molar-refractivity contribution < 1.29 is 14.3 Å². The van der Waals surface area contributed by atoms with Crippen LogP contribution in [0.1, 0.15) is 5.76 Å². The van der Waals surface area contributed by atoms with Crippen molar-refractivity contribution in [3.8, 4) is 0 Å². The third-order valence-electron chi connectivity index (χ3n) is 1.15. The molecule has 0 aliphatic carbocycles. The third kappa shape index (κ3) is 2.40. The molecule has 0 saturated carbocycles. The molecule has 0 radical (unpaired) electrons. The molecule has 0 fully saturated rings. The Bertz CT molecular complexity index is 367. The summed E-state index contributed by atoms with van der Waals surface area (Å²) in [5, 5.41) is 20.0. The summed E-state index contributed by atoms with van der Waals surface area (Å²) in [5.74, 6) is -0.369. The Kier molecular flexibility index (Phi) is 2.38. The summed E-state index contributed by atoms with van der Waals surface area (Å²) in [6.45, 7) is 0. The molecule has 0 aromatic carbocycles. The van der Waals surface area contributed by atoms with E-state index in [-0.39, 0.29) is 5.76 Å². The normalized spacial score (nSPS) is 10.5. The van der Waals surface area contributed by atoms with Gasteiger partial charge in [-0.2, -0.15) is 0 Å². The van der Waals surface area contributed by atoms with Crippen LogP contribution in [0.4, 0.5) is 5.88 Å². The fraction of sp³-hybridized carbons (Fsp3) is 0. The second-order valence-electron chi connectivity index (χ2n) is 2.03.